The van der Waals surface area contributed by atoms with Crippen LogP contribution >= 0.6 is 11.6 Å². The van der Waals surface area contributed by atoms with E-state index in [4.69, 9.17) is 11.6 Å². The Labute approximate surface area is 169 Å². The summed E-state index contributed by atoms with van der Waals surface area (Å²) in [4.78, 5) is 29.0. The molecule has 1 N–H and O–H groups in total. The Kier molecular flexibility index (Phi) is 5.09. The first-order chi connectivity index (χ1) is 14.0. The van der Waals surface area contributed by atoms with Crippen molar-refractivity contribution >= 4 is 34.2 Å². The number of nitrogens with one attached hydrogen (secondary N) is 1. The molecule has 0 saturated heterocycles. The fourth-order valence-corrected chi connectivity index (χ4v) is 3.13. The Balaban J connectivity index is 1.51. The maximum Gasteiger partial charge on any atom is 0.261 e. The minimum absolute atomic E-state index is 0.240. The molecule has 0 atom stereocenters. The summed E-state index contributed by atoms with van der Waals surface area (Å²) in [7, 11) is 0. The monoisotopic (exact) mass is 411 g/mol. The van der Waals surface area contributed by atoms with Crippen LogP contribution in [-0.2, 0) is 17.9 Å². The molecular weight excluding hydrogens is 397 g/mol. The maximum atomic E-state index is 13.3. The number of carbonyl (C=O) groups excluding carboxylic acids is 1. The van der Waals surface area contributed by atoms with Gasteiger partial charge in [-0.15, -0.1) is 0 Å². The molecule has 29 heavy (non-hydrogen) atoms. The molecule has 4 aromatic rings. The van der Waals surface area contributed by atoms with E-state index in [0.29, 0.717) is 17.4 Å². The Hall–Kier alpha value is -3.52. The van der Waals surface area contributed by atoms with E-state index in [1.54, 1.807) is 23.0 Å². The maximum absolute atomic E-state index is 13.3. The Morgan fingerprint density at radius 3 is 2.83 bits per heavy atom. The summed E-state index contributed by atoms with van der Waals surface area (Å²) in [6.45, 7) is 0.141. The third-order valence-electron chi connectivity index (χ3n) is 4.36. The van der Waals surface area contributed by atoms with Crippen LogP contribution < -0.4 is 10.9 Å². The number of amides is 1. The highest BCUT2D eigenvalue weighted by Crippen LogP contribution is 2.18. The van der Waals surface area contributed by atoms with E-state index in [2.05, 4.69) is 15.4 Å². The molecule has 0 aliphatic rings. The van der Waals surface area contributed by atoms with Crippen LogP contribution in [-0.4, -0.2) is 25.2 Å². The van der Waals surface area contributed by atoms with Crippen molar-refractivity contribution in [2.45, 2.75) is 13.1 Å². The summed E-state index contributed by atoms with van der Waals surface area (Å²) in [5.41, 5.74) is 0.676. The highest BCUT2D eigenvalue weighted by atomic mass is 35.5. The quantitative estimate of drug-likeness (QED) is 0.547. The van der Waals surface area contributed by atoms with Crippen molar-refractivity contribution in [2.75, 3.05) is 5.32 Å². The number of halogens is 2. The van der Waals surface area contributed by atoms with Gasteiger partial charge in [0.25, 0.3) is 5.56 Å². The van der Waals surface area contributed by atoms with Crippen LogP contribution in [0.2, 0.25) is 5.02 Å². The van der Waals surface area contributed by atoms with Gasteiger partial charge in [0.05, 0.1) is 30.0 Å². The number of rotatable bonds is 5. The van der Waals surface area contributed by atoms with Gasteiger partial charge in [-0.25, -0.2) is 14.1 Å². The molecule has 146 valence electrons. The summed E-state index contributed by atoms with van der Waals surface area (Å²) < 4.78 is 16.1. The second-order valence-electron chi connectivity index (χ2n) is 6.35. The summed E-state index contributed by atoms with van der Waals surface area (Å²) >= 11 is 6.18. The summed E-state index contributed by atoms with van der Waals surface area (Å²) in [5.74, 6) is -0.429. The summed E-state index contributed by atoms with van der Waals surface area (Å²) in [6, 6.07) is 12.7. The molecule has 7 nitrogen and oxygen atoms in total. The van der Waals surface area contributed by atoms with Crippen LogP contribution in [0, 0.1) is 5.82 Å². The first-order valence-corrected chi connectivity index (χ1v) is 9.09. The molecule has 0 unspecified atom stereocenters. The average molecular weight is 412 g/mol. The van der Waals surface area contributed by atoms with E-state index in [0.717, 1.165) is 5.56 Å². The Morgan fingerprint density at radius 2 is 2.00 bits per heavy atom. The van der Waals surface area contributed by atoms with Crippen molar-refractivity contribution in [3.63, 3.8) is 0 Å². The van der Waals surface area contributed by atoms with E-state index in [-0.39, 0.29) is 17.4 Å². The third kappa shape index (κ3) is 4.02. The highest BCUT2D eigenvalue weighted by molar-refractivity contribution is 6.31. The van der Waals surface area contributed by atoms with Crippen LogP contribution in [0.5, 0.6) is 0 Å². The number of nitrogens with zero attached hydrogens (tertiary/aromatic N) is 4. The van der Waals surface area contributed by atoms with Gasteiger partial charge in [0.1, 0.15) is 18.2 Å². The minimum Gasteiger partial charge on any atom is -0.309 e. The van der Waals surface area contributed by atoms with Gasteiger partial charge < -0.3 is 5.32 Å². The largest absolute Gasteiger partial charge is 0.309 e. The molecule has 0 saturated carbocycles. The van der Waals surface area contributed by atoms with Crippen molar-refractivity contribution in [2.24, 2.45) is 0 Å². The van der Waals surface area contributed by atoms with Gasteiger partial charge in [-0.3, -0.25) is 14.2 Å². The van der Waals surface area contributed by atoms with Crippen molar-refractivity contribution in [3.05, 3.63) is 87.8 Å². The van der Waals surface area contributed by atoms with Crippen LogP contribution in [0.3, 0.4) is 0 Å². The van der Waals surface area contributed by atoms with Crippen LogP contribution in [0.1, 0.15) is 5.56 Å². The number of fused-ring (bicyclic) bond motifs is 1. The molecule has 0 radical (unpaired) electrons. The van der Waals surface area contributed by atoms with Gasteiger partial charge in [-0.1, -0.05) is 29.8 Å². The smallest absolute Gasteiger partial charge is 0.261 e. The number of benzene rings is 2. The van der Waals surface area contributed by atoms with Crippen molar-refractivity contribution < 1.29 is 9.18 Å². The molecule has 0 bridgehead atoms. The van der Waals surface area contributed by atoms with Gasteiger partial charge >= 0.3 is 0 Å². The first kappa shape index (κ1) is 18.8. The highest BCUT2D eigenvalue weighted by Gasteiger charge is 2.12. The van der Waals surface area contributed by atoms with Crippen LogP contribution in [0.25, 0.3) is 10.9 Å². The predicted molar refractivity (Wildman–Crippen MR) is 107 cm³/mol. The van der Waals surface area contributed by atoms with Gasteiger partial charge in [0.2, 0.25) is 5.91 Å². The molecule has 0 aliphatic carbocycles. The van der Waals surface area contributed by atoms with Gasteiger partial charge in [0, 0.05) is 17.2 Å². The standard InChI is InChI=1S/C20H15ClFN5O2/c21-16-4-2-1-3-13(16)10-27-18(7-8-24-27)25-19(28)11-26-12-23-17-9-14(22)5-6-15(17)20(26)29/h1-9,12H,10-11H2,(H,25,28). The molecule has 2 aromatic heterocycles. The number of hydrogen-bond donors (Lipinski definition) is 1. The predicted octanol–water partition coefficient (Wildman–Crippen LogP) is 3.07. The lowest BCUT2D eigenvalue weighted by Gasteiger charge is -2.11. The zero-order chi connectivity index (χ0) is 20.4. The Morgan fingerprint density at radius 1 is 1.17 bits per heavy atom. The molecule has 2 heterocycles. The summed E-state index contributed by atoms with van der Waals surface area (Å²) in [5, 5.41) is 7.78. The lowest BCUT2D eigenvalue weighted by atomic mass is 10.2. The molecule has 0 aliphatic heterocycles. The number of hydrogen-bond acceptors (Lipinski definition) is 4. The third-order valence-corrected chi connectivity index (χ3v) is 4.73. The lowest BCUT2D eigenvalue weighted by molar-refractivity contribution is -0.116. The number of carbonyl (C=O) groups is 1. The van der Waals surface area contributed by atoms with Gasteiger partial charge in [-0.2, -0.15) is 5.10 Å². The zero-order valence-electron chi connectivity index (χ0n) is 15.0. The molecule has 0 fully saturated rings. The molecular formula is C20H15ClFN5O2. The van der Waals surface area contributed by atoms with Gasteiger partial charge in [-0.05, 0) is 23.8 Å². The number of aromatic nitrogens is 4. The topological polar surface area (TPSA) is 81.8 Å². The van der Waals surface area contributed by atoms with E-state index < -0.39 is 17.3 Å². The first-order valence-electron chi connectivity index (χ1n) is 8.71. The van der Waals surface area contributed by atoms with Crippen molar-refractivity contribution in [1.29, 1.82) is 0 Å². The van der Waals surface area contributed by atoms with Gasteiger partial charge in [0.15, 0.2) is 0 Å². The van der Waals surface area contributed by atoms with Crippen molar-refractivity contribution in [3.8, 4) is 0 Å². The lowest BCUT2D eigenvalue weighted by Crippen LogP contribution is -2.28. The molecule has 0 spiro atoms. The summed E-state index contributed by atoms with van der Waals surface area (Å²) in [6.07, 6.45) is 2.79. The fraction of sp³-hybridized carbons (Fsp3) is 0.100. The molecule has 9 heteroatoms. The second-order valence-corrected chi connectivity index (χ2v) is 6.76. The minimum atomic E-state index is -0.480. The Bertz CT molecular complexity index is 1270. The normalized spacial score (nSPS) is 11.0. The fourth-order valence-electron chi connectivity index (χ4n) is 2.93. The van der Waals surface area contributed by atoms with Crippen LogP contribution in [0.15, 0.2) is 65.8 Å². The number of anilines is 1. The van der Waals surface area contributed by atoms with E-state index in [9.17, 15) is 14.0 Å². The SMILES string of the molecule is O=C(Cn1cnc2cc(F)ccc2c1=O)Nc1ccnn1Cc1ccccc1Cl. The van der Waals surface area contributed by atoms with E-state index in [1.807, 2.05) is 18.2 Å². The van der Waals surface area contributed by atoms with E-state index in [1.165, 1.54) is 29.1 Å². The average Bonchev–Trinajstić information content (AvgIpc) is 3.12. The zero-order valence-corrected chi connectivity index (χ0v) is 15.8. The molecule has 2 aromatic carbocycles. The van der Waals surface area contributed by atoms with Crippen LogP contribution in [0.4, 0.5) is 10.2 Å². The molecule has 4 rings (SSSR count). The second kappa shape index (κ2) is 7.84. The van der Waals surface area contributed by atoms with Crippen molar-refractivity contribution in [1.82, 2.24) is 19.3 Å². The molecule has 1 amide bonds. The van der Waals surface area contributed by atoms with E-state index >= 15 is 0 Å².